The van der Waals surface area contributed by atoms with Crippen LogP contribution in [0.25, 0.3) is 0 Å². The molecule has 0 spiro atoms. The van der Waals surface area contributed by atoms with Crippen molar-refractivity contribution < 1.29 is 0 Å². The molecular weight excluding hydrogens is 156 g/mol. The first-order valence-corrected chi connectivity index (χ1v) is 5.30. The monoisotopic (exact) mass is 175 g/mol. The normalized spacial score (nSPS) is 10.3. The summed E-state index contributed by atoms with van der Waals surface area (Å²) in [5.74, 6) is 0. The predicted molar refractivity (Wildman–Crippen MR) is 57.9 cm³/mol. The molecule has 1 aromatic rings. The van der Waals surface area contributed by atoms with Crippen LogP contribution < -0.4 is 0 Å². The van der Waals surface area contributed by atoms with Crippen LogP contribution in [0.4, 0.5) is 0 Å². The van der Waals surface area contributed by atoms with Crippen LogP contribution in [-0.4, -0.2) is 0 Å². The second-order valence-corrected chi connectivity index (χ2v) is 3.67. The topological polar surface area (TPSA) is 0 Å². The molecule has 0 saturated carbocycles. The van der Waals surface area contributed by atoms with Crippen LogP contribution in [0.3, 0.4) is 0 Å². The van der Waals surface area contributed by atoms with E-state index in [1.807, 2.05) is 0 Å². The average molecular weight is 175 g/mol. The van der Waals surface area contributed by atoms with Crippen molar-refractivity contribution >= 4 is 0 Å². The maximum Gasteiger partial charge on any atom is -0.0117 e. The maximum atomic E-state index is 3.38. The number of hydrogen-bond donors (Lipinski definition) is 0. The first kappa shape index (κ1) is 10.3. The fourth-order valence-electron chi connectivity index (χ4n) is 1.53. The van der Waals surface area contributed by atoms with Crippen LogP contribution in [0.1, 0.15) is 43.7 Å². The van der Waals surface area contributed by atoms with Gasteiger partial charge < -0.3 is 0 Å². The molecule has 1 aromatic carbocycles. The van der Waals surface area contributed by atoms with Crippen molar-refractivity contribution in [3.8, 4) is 0 Å². The van der Waals surface area contributed by atoms with Crippen molar-refractivity contribution in [3.63, 3.8) is 0 Å². The van der Waals surface area contributed by atoms with Crippen molar-refractivity contribution in [1.29, 1.82) is 0 Å². The summed E-state index contributed by atoms with van der Waals surface area (Å²) in [6.45, 7) is 4.36. The zero-order valence-corrected chi connectivity index (χ0v) is 8.77. The van der Waals surface area contributed by atoms with Gasteiger partial charge >= 0.3 is 0 Å². The molecular formula is C13H19. The summed E-state index contributed by atoms with van der Waals surface area (Å²) < 4.78 is 0. The van der Waals surface area contributed by atoms with E-state index in [1.165, 1.54) is 43.2 Å². The Morgan fingerprint density at radius 3 is 2.69 bits per heavy atom. The quantitative estimate of drug-likeness (QED) is 0.595. The van der Waals surface area contributed by atoms with Crippen LogP contribution in [-0.2, 0) is 6.42 Å². The third-order valence-electron chi connectivity index (χ3n) is 2.30. The largest absolute Gasteiger partial charge is 0.0654 e. The van der Waals surface area contributed by atoms with E-state index in [1.54, 1.807) is 0 Å². The smallest absolute Gasteiger partial charge is 0.0117 e. The molecule has 0 bridgehead atoms. The Balaban J connectivity index is 2.28. The van der Waals surface area contributed by atoms with Gasteiger partial charge in [0.15, 0.2) is 0 Å². The summed E-state index contributed by atoms with van der Waals surface area (Å²) in [6.07, 6.45) is 6.55. The third kappa shape index (κ3) is 4.12. The van der Waals surface area contributed by atoms with Gasteiger partial charge in [0.25, 0.3) is 0 Å². The second-order valence-electron chi connectivity index (χ2n) is 3.67. The van der Waals surface area contributed by atoms with E-state index in [9.17, 15) is 0 Å². The summed E-state index contributed by atoms with van der Waals surface area (Å²) in [6, 6.07) is 9.80. The van der Waals surface area contributed by atoms with Crippen LogP contribution in [0.5, 0.6) is 0 Å². The van der Waals surface area contributed by atoms with Crippen molar-refractivity contribution in [2.75, 3.05) is 0 Å². The van der Waals surface area contributed by atoms with Gasteiger partial charge in [-0.3, -0.25) is 0 Å². The van der Waals surface area contributed by atoms with E-state index in [0.717, 1.165) is 0 Å². The Morgan fingerprint density at radius 2 is 2.00 bits per heavy atom. The molecule has 0 atom stereocenters. The SMILES string of the molecule is CCCCCCc1[c]c(C)ccc1. The summed E-state index contributed by atoms with van der Waals surface area (Å²) >= 11 is 0. The molecule has 71 valence electrons. The van der Waals surface area contributed by atoms with Gasteiger partial charge in [0.1, 0.15) is 0 Å². The molecule has 1 rings (SSSR count). The number of benzene rings is 1. The van der Waals surface area contributed by atoms with Crippen molar-refractivity contribution in [2.45, 2.75) is 46.0 Å². The summed E-state index contributed by atoms with van der Waals surface area (Å²) in [7, 11) is 0. The molecule has 0 fully saturated rings. The molecule has 0 unspecified atom stereocenters. The van der Waals surface area contributed by atoms with Gasteiger partial charge in [0.2, 0.25) is 0 Å². The van der Waals surface area contributed by atoms with E-state index in [4.69, 9.17) is 0 Å². The predicted octanol–water partition coefficient (Wildman–Crippen LogP) is 3.92. The van der Waals surface area contributed by atoms with Crippen LogP contribution in [0.2, 0.25) is 0 Å². The van der Waals surface area contributed by atoms with Gasteiger partial charge in [-0.25, -0.2) is 0 Å². The number of hydrogen-bond acceptors (Lipinski definition) is 0. The first-order chi connectivity index (χ1) is 6.33. The Labute approximate surface area is 82.0 Å². The molecule has 1 radical (unpaired) electrons. The highest BCUT2D eigenvalue weighted by Gasteiger charge is 1.93. The zero-order chi connectivity index (χ0) is 9.52. The van der Waals surface area contributed by atoms with E-state index in [2.05, 4.69) is 38.1 Å². The molecule has 0 nitrogen and oxygen atoms in total. The molecule has 0 amide bonds. The van der Waals surface area contributed by atoms with E-state index in [0.29, 0.717) is 0 Å². The van der Waals surface area contributed by atoms with Crippen molar-refractivity contribution in [1.82, 2.24) is 0 Å². The van der Waals surface area contributed by atoms with Crippen molar-refractivity contribution in [3.05, 3.63) is 35.4 Å². The lowest BCUT2D eigenvalue weighted by Gasteiger charge is -2.01. The minimum Gasteiger partial charge on any atom is -0.0654 e. The Morgan fingerprint density at radius 1 is 1.15 bits per heavy atom. The number of rotatable bonds is 5. The second kappa shape index (κ2) is 5.80. The molecule has 0 heteroatoms. The van der Waals surface area contributed by atoms with E-state index in [-0.39, 0.29) is 0 Å². The first-order valence-electron chi connectivity index (χ1n) is 5.30. The molecule has 13 heavy (non-hydrogen) atoms. The van der Waals surface area contributed by atoms with Gasteiger partial charge in [-0.1, -0.05) is 44.4 Å². The fourth-order valence-corrected chi connectivity index (χ4v) is 1.53. The van der Waals surface area contributed by atoms with E-state index >= 15 is 0 Å². The Bertz CT molecular complexity index is 238. The lowest BCUT2D eigenvalue weighted by Crippen LogP contribution is -1.86. The Hall–Kier alpha value is -0.780. The third-order valence-corrected chi connectivity index (χ3v) is 2.30. The van der Waals surface area contributed by atoms with Gasteiger partial charge in [-0.15, -0.1) is 0 Å². The molecule has 0 aliphatic carbocycles. The van der Waals surface area contributed by atoms with Gasteiger partial charge in [-0.2, -0.15) is 0 Å². The standard InChI is InChI=1S/C13H19/c1-3-4-5-6-9-13-10-7-8-12(2)11-13/h7-8,10H,3-6,9H2,1-2H3. The fraction of sp³-hybridized carbons (Fsp3) is 0.538. The summed E-state index contributed by atoms with van der Waals surface area (Å²) in [5.41, 5.74) is 2.63. The van der Waals surface area contributed by atoms with Crippen LogP contribution >= 0.6 is 0 Å². The molecule has 0 aliphatic rings. The van der Waals surface area contributed by atoms with Gasteiger partial charge in [0, 0.05) is 0 Å². The minimum atomic E-state index is 1.20. The lowest BCUT2D eigenvalue weighted by molar-refractivity contribution is 0.666. The lowest BCUT2D eigenvalue weighted by atomic mass is 10.0. The van der Waals surface area contributed by atoms with Crippen molar-refractivity contribution in [2.24, 2.45) is 0 Å². The highest BCUT2D eigenvalue weighted by molar-refractivity contribution is 5.20. The van der Waals surface area contributed by atoms with Crippen LogP contribution in [0, 0.1) is 13.0 Å². The molecule has 0 saturated heterocycles. The van der Waals surface area contributed by atoms with Gasteiger partial charge in [0.05, 0.1) is 0 Å². The van der Waals surface area contributed by atoms with Gasteiger partial charge in [-0.05, 0) is 37.0 Å². The molecule has 0 N–H and O–H groups in total. The minimum absolute atomic E-state index is 1.20. The maximum absolute atomic E-state index is 3.38. The molecule has 0 aliphatic heterocycles. The summed E-state index contributed by atoms with van der Waals surface area (Å²) in [4.78, 5) is 0. The number of unbranched alkanes of at least 4 members (excludes halogenated alkanes) is 3. The van der Waals surface area contributed by atoms with E-state index < -0.39 is 0 Å². The molecule has 0 aromatic heterocycles. The summed E-state index contributed by atoms with van der Waals surface area (Å²) in [5, 5.41) is 0. The zero-order valence-electron chi connectivity index (χ0n) is 8.77. The highest BCUT2D eigenvalue weighted by atomic mass is 14.0. The molecule has 0 heterocycles. The number of aryl methyl sites for hydroxylation is 2. The Kier molecular flexibility index (Phi) is 4.59. The average Bonchev–Trinajstić information content (AvgIpc) is 2.13. The highest BCUT2D eigenvalue weighted by Crippen LogP contribution is 2.08. The van der Waals surface area contributed by atoms with Crippen LogP contribution in [0.15, 0.2) is 18.2 Å².